The van der Waals surface area contributed by atoms with E-state index in [1.807, 2.05) is 19.9 Å². The second-order valence-corrected chi connectivity index (χ2v) is 6.70. The number of carbonyl (C=O) groups excluding carboxylic acids is 1. The van der Waals surface area contributed by atoms with E-state index in [0.717, 1.165) is 16.7 Å². The Morgan fingerprint density at radius 2 is 1.61 bits per heavy atom. The average Bonchev–Trinajstić information content (AvgIpc) is 2.37. The Kier molecular flexibility index (Phi) is 5.77. The van der Waals surface area contributed by atoms with Crippen LogP contribution >= 0.6 is 0 Å². The van der Waals surface area contributed by atoms with Crippen LogP contribution < -0.4 is 5.32 Å². The largest absolute Gasteiger partial charge is 0.480 e. The molecule has 1 amide bonds. The standard InChI is InChI=1S/C17H25NO5/c1-9-7-11(3)12(8-10(9)2)14(19)13(15(20)21)18-16(22)23-17(4,5)6/h7-8,13-14,19H,1-6H3,(H,18,22)(H,20,21)/t13-,14+/m0/s1. The number of rotatable bonds is 4. The van der Waals surface area contributed by atoms with Crippen molar-refractivity contribution in [2.45, 2.75) is 59.3 Å². The quantitative estimate of drug-likeness (QED) is 0.791. The smallest absolute Gasteiger partial charge is 0.408 e. The Balaban J connectivity index is 3.04. The number of carbonyl (C=O) groups is 2. The number of alkyl carbamates (subject to hydrolysis) is 1. The van der Waals surface area contributed by atoms with Gasteiger partial charge in [0.2, 0.25) is 0 Å². The van der Waals surface area contributed by atoms with E-state index in [-0.39, 0.29) is 0 Å². The third kappa shape index (κ3) is 5.25. The van der Waals surface area contributed by atoms with Gasteiger partial charge in [0.05, 0.1) is 0 Å². The molecule has 2 atom stereocenters. The van der Waals surface area contributed by atoms with Crippen molar-refractivity contribution in [2.24, 2.45) is 0 Å². The molecule has 0 radical (unpaired) electrons. The third-order valence-corrected chi connectivity index (χ3v) is 3.46. The van der Waals surface area contributed by atoms with E-state index >= 15 is 0 Å². The van der Waals surface area contributed by atoms with E-state index in [4.69, 9.17) is 4.74 Å². The van der Waals surface area contributed by atoms with Gasteiger partial charge in [-0.25, -0.2) is 9.59 Å². The van der Waals surface area contributed by atoms with Crippen LogP contribution in [0.4, 0.5) is 4.79 Å². The highest BCUT2D eigenvalue weighted by Gasteiger charge is 2.32. The van der Waals surface area contributed by atoms with Crippen LogP contribution in [0.2, 0.25) is 0 Å². The third-order valence-electron chi connectivity index (χ3n) is 3.46. The number of aliphatic hydroxyl groups excluding tert-OH is 1. The van der Waals surface area contributed by atoms with Gasteiger partial charge in [-0.15, -0.1) is 0 Å². The maximum Gasteiger partial charge on any atom is 0.408 e. The summed E-state index contributed by atoms with van der Waals surface area (Å²) in [5, 5.41) is 22.0. The molecule has 0 aromatic heterocycles. The van der Waals surface area contributed by atoms with Crippen molar-refractivity contribution < 1.29 is 24.5 Å². The molecule has 128 valence electrons. The van der Waals surface area contributed by atoms with Gasteiger partial charge in [-0.1, -0.05) is 12.1 Å². The van der Waals surface area contributed by atoms with Gasteiger partial charge in [-0.05, 0) is 63.8 Å². The average molecular weight is 323 g/mol. The normalized spacial score (nSPS) is 14.0. The summed E-state index contributed by atoms with van der Waals surface area (Å²) in [6.07, 6.45) is -2.26. The van der Waals surface area contributed by atoms with Crippen molar-refractivity contribution in [3.63, 3.8) is 0 Å². The highest BCUT2D eigenvalue weighted by Crippen LogP contribution is 2.24. The molecule has 6 heteroatoms. The van der Waals surface area contributed by atoms with Crippen LogP contribution in [0.1, 0.15) is 49.1 Å². The van der Waals surface area contributed by atoms with Crippen LogP contribution in [0.25, 0.3) is 0 Å². The maximum absolute atomic E-state index is 11.8. The van der Waals surface area contributed by atoms with Crippen LogP contribution in [0, 0.1) is 20.8 Å². The molecular formula is C17H25NO5. The Morgan fingerprint density at radius 3 is 2.09 bits per heavy atom. The fraction of sp³-hybridized carbons (Fsp3) is 0.529. The molecule has 0 bridgehead atoms. The molecule has 0 saturated heterocycles. The van der Waals surface area contributed by atoms with E-state index < -0.39 is 29.8 Å². The minimum Gasteiger partial charge on any atom is -0.480 e. The predicted molar refractivity (Wildman–Crippen MR) is 86.4 cm³/mol. The van der Waals surface area contributed by atoms with Crippen LogP contribution in [0.15, 0.2) is 12.1 Å². The molecule has 1 aromatic carbocycles. The van der Waals surface area contributed by atoms with E-state index in [0.29, 0.717) is 5.56 Å². The van der Waals surface area contributed by atoms with Crippen LogP contribution in [-0.2, 0) is 9.53 Å². The molecule has 23 heavy (non-hydrogen) atoms. The number of aryl methyl sites for hydroxylation is 3. The lowest BCUT2D eigenvalue weighted by atomic mass is 9.94. The van der Waals surface area contributed by atoms with Gasteiger partial charge >= 0.3 is 12.1 Å². The summed E-state index contributed by atoms with van der Waals surface area (Å²) in [6.45, 7) is 10.6. The first-order valence-corrected chi connectivity index (χ1v) is 7.40. The number of carboxylic acid groups (broad SMARTS) is 1. The van der Waals surface area contributed by atoms with Gasteiger partial charge in [-0.2, -0.15) is 0 Å². The highest BCUT2D eigenvalue weighted by molar-refractivity contribution is 5.81. The number of hydrogen-bond donors (Lipinski definition) is 3. The maximum atomic E-state index is 11.8. The summed E-state index contributed by atoms with van der Waals surface area (Å²) >= 11 is 0. The fourth-order valence-corrected chi connectivity index (χ4v) is 2.19. The van der Waals surface area contributed by atoms with Gasteiger partial charge in [-0.3, -0.25) is 0 Å². The van der Waals surface area contributed by atoms with Gasteiger partial charge < -0.3 is 20.3 Å². The number of nitrogens with one attached hydrogen (secondary N) is 1. The van der Waals surface area contributed by atoms with Gasteiger partial charge in [0.15, 0.2) is 6.04 Å². The summed E-state index contributed by atoms with van der Waals surface area (Å²) in [6, 6.07) is 2.12. The minimum atomic E-state index is -1.49. The monoisotopic (exact) mass is 323 g/mol. The van der Waals surface area contributed by atoms with E-state index in [2.05, 4.69) is 5.32 Å². The second kappa shape index (κ2) is 7.00. The molecular weight excluding hydrogens is 298 g/mol. The zero-order chi connectivity index (χ0) is 17.9. The number of aliphatic hydroxyl groups is 1. The summed E-state index contributed by atoms with van der Waals surface area (Å²) in [5.74, 6) is -1.33. The lowest BCUT2D eigenvalue weighted by Crippen LogP contribution is -2.47. The second-order valence-electron chi connectivity index (χ2n) is 6.70. The molecule has 0 saturated carbocycles. The van der Waals surface area contributed by atoms with Crippen LogP contribution in [0.5, 0.6) is 0 Å². The van der Waals surface area contributed by atoms with Gasteiger partial charge in [0, 0.05) is 0 Å². The first kappa shape index (κ1) is 19.0. The molecule has 0 spiro atoms. The van der Waals surface area contributed by atoms with Crippen molar-refractivity contribution in [1.29, 1.82) is 0 Å². The van der Waals surface area contributed by atoms with Gasteiger partial charge in [0.1, 0.15) is 11.7 Å². The number of benzene rings is 1. The molecule has 1 rings (SSSR count). The Hall–Kier alpha value is -2.08. The Labute approximate surface area is 136 Å². The van der Waals surface area contributed by atoms with Crippen molar-refractivity contribution >= 4 is 12.1 Å². The van der Waals surface area contributed by atoms with Crippen molar-refractivity contribution in [2.75, 3.05) is 0 Å². The first-order valence-electron chi connectivity index (χ1n) is 7.40. The topological polar surface area (TPSA) is 95.9 Å². The number of carboxylic acids is 1. The number of aliphatic carboxylic acids is 1. The number of ether oxygens (including phenoxy) is 1. The predicted octanol–water partition coefficient (Wildman–Crippen LogP) is 2.62. The molecule has 0 aliphatic heterocycles. The Bertz CT molecular complexity index is 604. The fourth-order valence-electron chi connectivity index (χ4n) is 2.19. The van der Waals surface area contributed by atoms with Crippen LogP contribution in [-0.4, -0.2) is 33.9 Å². The summed E-state index contributed by atoms with van der Waals surface area (Å²) in [4.78, 5) is 23.3. The number of hydrogen-bond acceptors (Lipinski definition) is 4. The molecule has 0 aliphatic rings. The lowest BCUT2D eigenvalue weighted by molar-refractivity contribution is -0.142. The summed E-state index contributed by atoms with van der Waals surface area (Å²) < 4.78 is 5.05. The van der Waals surface area contributed by atoms with E-state index in [1.54, 1.807) is 33.8 Å². The summed E-state index contributed by atoms with van der Waals surface area (Å²) in [5.41, 5.74) is 2.46. The van der Waals surface area contributed by atoms with Crippen molar-refractivity contribution in [1.82, 2.24) is 5.32 Å². The van der Waals surface area contributed by atoms with Crippen LogP contribution in [0.3, 0.4) is 0 Å². The Morgan fingerprint density at radius 1 is 1.09 bits per heavy atom. The van der Waals surface area contributed by atoms with E-state index in [1.165, 1.54) is 0 Å². The molecule has 0 fully saturated rings. The molecule has 0 unspecified atom stereocenters. The first-order chi connectivity index (χ1) is 10.4. The molecule has 0 aliphatic carbocycles. The SMILES string of the molecule is Cc1cc(C)c([C@@H](O)[C@H](NC(=O)OC(C)(C)C)C(=O)O)cc1C. The van der Waals surface area contributed by atoms with E-state index in [9.17, 15) is 19.8 Å². The zero-order valence-electron chi connectivity index (χ0n) is 14.4. The lowest BCUT2D eigenvalue weighted by Gasteiger charge is -2.25. The zero-order valence-corrected chi connectivity index (χ0v) is 14.4. The molecule has 0 heterocycles. The highest BCUT2D eigenvalue weighted by atomic mass is 16.6. The van der Waals surface area contributed by atoms with Gasteiger partial charge in [0.25, 0.3) is 0 Å². The summed E-state index contributed by atoms with van der Waals surface area (Å²) in [7, 11) is 0. The van der Waals surface area contributed by atoms with Crippen molar-refractivity contribution in [3.8, 4) is 0 Å². The molecule has 6 nitrogen and oxygen atoms in total. The molecule has 3 N–H and O–H groups in total. The number of amides is 1. The minimum absolute atomic E-state index is 0.469. The van der Waals surface area contributed by atoms with Crippen molar-refractivity contribution in [3.05, 3.63) is 34.4 Å². The molecule has 1 aromatic rings.